The van der Waals surface area contributed by atoms with E-state index in [0.29, 0.717) is 12.1 Å². The third-order valence-corrected chi connectivity index (χ3v) is 3.53. The number of likely N-dealkylation sites (tertiary alicyclic amines) is 1. The standard InChI is InChI=1S/C11H18N2S/c1-9(2)13-5-3-10(7-13)12-11-4-6-14-8-11/h4,6,8-10,12H,3,5,7H2,1-2H3. The largest absolute Gasteiger partial charge is 0.380 e. The van der Waals surface area contributed by atoms with Crippen LogP contribution in [-0.4, -0.2) is 30.1 Å². The summed E-state index contributed by atoms with van der Waals surface area (Å²) in [6, 6.07) is 3.49. The number of nitrogens with one attached hydrogen (secondary N) is 1. The monoisotopic (exact) mass is 210 g/mol. The zero-order valence-corrected chi connectivity index (χ0v) is 9.68. The predicted octanol–water partition coefficient (Wildman–Crippen LogP) is 2.64. The molecule has 1 fully saturated rings. The van der Waals surface area contributed by atoms with E-state index in [1.165, 1.54) is 25.2 Å². The first kappa shape index (κ1) is 9.99. The van der Waals surface area contributed by atoms with Crippen molar-refractivity contribution in [3.05, 3.63) is 16.8 Å². The number of hydrogen-bond donors (Lipinski definition) is 1. The highest BCUT2D eigenvalue weighted by atomic mass is 32.1. The lowest BCUT2D eigenvalue weighted by Gasteiger charge is -2.20. The van der Waals surface area contributed by atoms with Gasteiger partial charge in [-0.15, -0.1) is 0 Å². The summed E-state index contributed by atoms with van der Waals surface area (Å²) in [6.07, 6.45) is 1.27. The average molecular weight is 210 g/mol. The molecule has 1 aliphatic heterocycles. The summed E-state index contributed by atoms with van der Waals surface area (Å²) in [5, 5.41) is 7.88. The Morgan fingerprint density at radius 1 is 1.57 bits per heavy atom. The van der Waals surface area contributed by atoms with Crippen LogP contribution in [0, 0.1) is 0 Å². The molecule has 1 unspecified atom stereocenters. The Bertz CT molecular complexity index is 269. The highest BCUT2D eigenvalue weighted by Crippen LogP contribution is 2.19. The van der Waals surface area contributed by atoms with E-state index in [0.717, 1.165) is 0 Å². The molecule has 1 aromatic heterocycles. The topological polar surface area (TPSA) is 15.3 Å². The normalized spacial score (nSPS) is 23.2. The highest BCUT2D eigenvalue weighted by molar-refractivity contribution is 7.08. The second-order valence-corrected chi connectivity index (χ2v) is 5.01. The third-order valence-electron chi connectivity index (χ3n) is 2.84. The molecule has 3 heteroatoms. The van der Waals surface area contributed by atoms with Gasteiger partial charge >= 0.3 is 0 Å². The molecule has 2 nitrogen and oxygen atoms in total. The van der Waals surface area contributed by atoms with E-state index in [2.05, 4.69) is 40.9 Å². The van der Waals surface area contributed by atoms with E-state index in [-0.39, 0.29) is 0 Å². The Labute approximate surface area is 89.9 Å². The van der Waals surface area contributed by atoms with Crippen LogP contribution < -0.4 is 5.32 Å². The molecule has 0 radical (unpaired) electrons. The average Bonchev–Trinajstić information content (AvgIpc) is 2.75. The first-order valence-electron chi connectivity index (χ1n) is 5.28. The van der Waals surface area contributed by atoms with Crippen LogP contribution in [0.25, 0.3) is 0 Å². The van der Waals surface area contributed by atoms with Crippen LogP contribution in [0.5, 0.6) is 0 Å². The Balaban J connectivity index is 1.84. The number of nitrogens with zero attached hydrogens (tertiary/aromatic N) is 1. The van der Waals surface area contributed by atoms with Crippen LogP contribution in [-0.2, 0) is 0 Å². The van der Waals surface area contributed by atoms with Gasteiger partial charge in [0, 0.05) is 36.2 Å². The summed E-state index contributed by atoms with van der Waals surface area (Å²) in [5.41, 5.74) is 1.28. The highest BCUT2D eigenvalue weighted by Gasteiger charge is 2.23. The van der Waals surface area contributed by atoms with Gasteiger partial charge < -0.3 is 5.32 Å². The molecule has 1 aliphatic rings. The van der Waals surface area contributed by atoms with Crippen molar-refractivity contribution in [1.29, 1.82) is 0 Å². The van der Waals surface area contributed by atoms with Crippen molar-refractivity contribution in [2.24, 2.45) is 0 Å². The Kier molecular flexibility index (Phi) is 3.08. The van der Waals surface area contributed by atoms with Crippen LogP contribution in [0.1, 0.15) is 20.3 Å². The van der Waals surface area contributed by atoms with Crippen LogP contribution in [0.15, 0.2) is 16.8 Å². The first-order valence-corrected chi connectivity index (χ1v) is 6.23. The van der Waals surface area contributed by atoms with Gasteiger partial charge in [0.25, 0.3) is 0 Å². The number of anilines is 1. The Hall–Kier alpha value is -0.540. The minimum Gasteiger partial charge on any atom is -0.380 e. The molecule has 1 aromatic rings. The predicted molar refractivity (Wildman–Crippen MR) is 63.1 cm³/mol. The molecule has 0 amide bonds. The van der Waals surface area contributed by atoms with Crippen molar-refractivity contribution in [2.75, 3.05) is 18.4 Å². The van der Waals surface area contributed by atoms with Gasteiger partial charge in [-0.1, -0.05) is 0 Å². The summed E-state index contributed by atoms with van der Waals surface area (Å²) in [7, 11) is 0. The SMILES string of the molecule is CC(C)N1CCC(Nc2ccsc2)C1. The number of thiophene rings is 1. The van der Waals surface area contributed by atoms with Gasteiger partial charge in [-0.2, -0.15) is 11.3 Å². The molecule has 0 saturated carbocycles. The van der Waals surface area contributed by atoms with E-state index in [1.54, 1.807) is 11.3 Å². The van der Waals surface area contributed by atoms with Crippen molar-refractivity contribution in [3.63, 3.8) is 0 Å². The van der Waals surface area contributed by atoms with Crippen LogP contribution in [0.4, 0.5) is 5.69 Å². The molecule has 1 N–H and O–H groups in total. The summed E-state index contributed by atoms with van der Waals surface area (Å²) < 4.78 is 0. The van der Waals surface area contributed by atoms with Crippen LogP contribution in [0.2, 0.25) is 0 Å². The maximum Gasteiger partial charge on any atom is 0.0451 e. The van der Waals surface area contributed by atoms with Gasteiger partial charge in [0.05, 0.1) is 0 Å². The molecule has 0 spiro atoms. The molecule has 1 atom stereocenters. The third kappa shape index (κ3) is 2.28. The van der Waals surface area contributed by atoms with Gasteiger partial charge in [-0.3, -0.25) is 4.90 Å². The maximum absolute atomic E-state index is 3.57. The van der Waals surface area contributed by atoms with Gasteiger partial charge in [-0.25, -0.2) is 0 Å². The fourth-order valence-electron chi connectivity index (χ4n) is 1.96. The molecular weight excluding hydrogens is 192 g/mol. The van der Waals surface area contributed by atoms with Crippen molar-refractivity contribution >= 4 is 17.0 Å². The summed E-state index contributed by atoms with van der Waals surface area (Å²) >= 11 is 1.75. The first-order chi connectivity index (χ1) is 6.75. The Morgan fingerprint density at radius 3 is 3.00 bits per heavy atom. The van der Waals surface area contributed by atoms with Gasteiger partial charge in [-0.05, 0) is 31.7 Å². The summed E-state index contributed by atoms with van der Waals surface area (Å²) in [4.78, 5) is 2.53. The van der Waals surface area contributed by atoms with Gasteiger partial charge in [0.2, 0.25) is 0 Å². The molecule has 2 rings (SSSR count). The molecule has 2 heterocycles. The minimum absolute atomic E-state index is 0.645. The summed E-state index contributed by atoms with van der Waals surface area (Å²) in [6.45, 7) is 6.97. The van der Waals surface area contributed by atoms with Crippen molar-refractivity contribution < 1.29 is 0 Å². The zero-order chi connectivity index (χ0) is 9.97. The summed E-state index contributed by atoms with van der Waals surface area (Å²) in [5.74, 6) is 0. The van der Waals surface area contributed by atoms with Crippen molar-refractivity contribution in [3.8, 4) is 0 Å². The lowest BCUT2D eigenvalue weighted by atomic mass is 10.2. The van der Waals surface area contributed by atoms with Gasteiger partial charge in [0.15, 0.2) is 0 Å². The molecule has 0 aromatic carbocycles. The number of rotatable bonds is 3. The molecule has 0 aliphatic carbocycles. The van der Waals surface area contributed by atoms with E-state index in [4.69, 9.17) is 0 Å². The fourth-order valence-corrected chi connectivity index (χ4v) is 2.55. The molecular formula is C11H18N2S. The van der Waals surface area contributed by atoms with Crippen molar-refractivity contribution in [2.45, 2.75) is 32.4 Å². The molecule has 78 valence electrons. The minimum atomic E-state index is 0.645. The second-order valence-electron chi connectivity index (χ2n) is 4.23. The van der Waals surface area contributed by atoms with Crippen LogP contribution in [0.3, 0.4) is 0 Å². The van der Waals surface area contributed by atoms with E-state index in [9.17, 15) is 0 Å². The molecule has 14 heavy (non-hydrogen) atoms. The maximum atomic E-state index is 3.57. The number of hydrogen-bond acceptors (Lipinski definition) is 3. The van der Waals surface area contributed by atoms with Gasteiger partial charge in [0.1, 0.15) is 0 Å². The second kappa shape index (κ2) is 4.32. The van der Waals surface area contributed by atoms with Crippen molar-refractivity contribution in [1.82, 2.24) is 4.90 Å². The fraction of sp³-hybridized carbons (Fsp3) is 0.636. The zero-order valence-electron chi connectivity index (χ0n) is 8.86. The van der Waals surface area contributed by atoms with E-state index < -0.39 is 0 Å². The Morgan fingerprint density at radius 2 is 2.43 bits per heavy atom. The lowest BCUT2D eigenvalue weighted by molar-refractivity contribution is 0.274. The molecule has 0 bridgehead atoms. The molecule has 1 saturated heterocycles. The lowest BCUT2D eigenvalue weighted by Crippen LogP contribution is -2.31. The van der Waals surface area contributed by atoms with Crippen LogP contribution >= 0.6 is 11.3 Å². The van der Waals surface area contributed by atoms with E-state index >= 15 is 0 Å². The smallest absolute Gasteiger partial charge is 0.0451 e. The quantitative estimate of drug-likeness (QED) is 0.825. The van der Waals surface area contributed by atoms with E-state index in [1.807, 2.05) is 0 Å².